The third-order valence-corrected chi connectivity index (χ3v) is 10.0. The van der Waals surface area contributed by atoms with Gasteiger partial charge in [0.15, 0.2) is 5.82 Å². The highest BCUT2D eigenvalue weighted by Crippen LogP contribution is 2.41. The van der Waals surface area contributed by atoms with E-state index in [2.05, 4.69) is 152 Å². The number of aromatic nitrogens is 2. The van der Waals surface area contributed by atoms with Crippen LogP contribution in [0.4, 0.5) is 0 Å². The first-order valence-electron chi connectivity index (χ1n) is 15.8. The van der Waals surface area contributed by atoms with Gasteiger partial charge in [-0.2, -0.15) is 0 Å². The van der Waals surface area contributed by atoms with E-state index in [4.69, 9.17) is 9.97 Å². The monoisotopic (exact) mass is 616 g/mol. The predicted molar refractivity (Wildman–Crippen MR) is 200 cm³/mol. The van der Waals surface area contributed by atoms with E-state index in [9.17, 15) is 0 Å². The summed E-state index contributed by atoms with van der Waals surface area (Å²) < 4.78 is 2.51. The quantitative estimate of drug-likeness (QED) is 0.192. The molecule has 2 nitrogen and oxygen atoms in total. The lowest BCUT2D eigenvalue weighted by Gasteiger charge is -2.12. The third-order valence-electron chi connectivity index (χ3n) is 8.90. The van der Waals surface area contributed by atoms with Crippen LogP contribution in [0.2, 0.25) is 0 Å². The summed E-state index contributed by atoms with van der Waals surface area (Å²) in [6.07, 6.45) is 0. The van der Waals surface area contributed by atoms with Gasteiger partial charge in [-0.05, 0) is 63.7 Å². The van der Waals surface area contributed by atoms with Gasteiger partial charge < -0.3 is 0 Å². The molecule has 2 aromatic heterocycles. The van der Waals surface area contributed by atoms with Gasteiger partial charge in [0.2, 0.25) is 0 Å². The molecule has 220 valence electrons. The first-order valence-corrected chi connectivity index (χ1v) is 16.6. The Morgan fingerprint density at radius 3 is 1.60 bits per heavy atom. The van der Waals surface area contributed by atoms with Crippen LogP contribution in [0.15, 0.2) is 170 Å². The Hall–Kier alpha value is -5.90. The number of benzene rings is 7. The molecule has 0 bridgehead atoms. The molecule has 3 heteroatoms. The molecule has 0 saturated carbocycles. The summed E-state index contributed by atoms with van der Waals surface area (Å²) in [7, 11) is 0. The molecule has 0 amide bonds. The lowest BCUT2D eigenvalue weighted by atomic mass is 9.95. The predicted octanol–water partition coefficient (Wildman–Crippen LogP) is 12.3. The van der Waals surface area contributed by atoms with Crippen molar-refractivity contribution in [3.8, 4) is 56.0 Å². The standard InChI is InChI=1S/C44H28N2S/c1-3-11-29(12-4-1)30-21-23-31(24-22-30)33-15-9-16-34(27-33)35-17-10-18-36(28-35)42-38-25-26-40-41(37-19-7-8-20-39(37)47-40)43(38)46-44(45-42)32-13-5-2-6-14-32/h1-28H. The molecule has 0 aliphatic heterocycles. The molecule has 2 heterocycles. The van der Waals surface area contributed by atoms with Gasteiger partial charge in [-0.1, -0.05) is 140 Å². The van der Waals surface area contributed by atoms with Crippen molar-refractivity contribution < 1.29 is 0 Å². The molecule has 0 aliphatic carbocycles. The number of thiophene rings is 1. The summed E-state index contributed by atoms with van der Waals surface area (Å²) >= 11 is 1.82. The summed E-state index contributed by atoms with van der Waals surface area (Å²) in [5.74, 6) is 0.738. The summed E-state index contributed by atoms with van der Waals surface area (Å²) in [4.78, 5) is 10.5. The van der Waals surface area contributed by atoms with Crippen LogP contribution in [-0.4, -0.2) is 9.97 Å². The minimum absolute atomic E-state index is 0.738. The first kappa shape index (κ1) is 27.4. The van der Waals surface area contributed by atoms with Crippen molar-refractivity contribution in [2.24, 2.45) is 0 Å². The summed E-state index contributed by atoms with van der Waals surface area (Å²) in [6.45, 7) is 0. The molecule has 0 saturated heterocycles. The highest BCUT2D eigenvalue weighted by molar-refractivity contribution is 7.26. The summed E-state index contributed by atoms with van der Waals surface area (Å²) in [5, 5.41) is 3.50. The molecule has 0 unspecified atom stereocenters. The zero-order chi connectivity index (χ0) is 31.2. The normalized spacial score (nSPS) is 11.4. The Morgan fingerprint density at radius 2 is 0.872 bits per heavy atom. The largest absolute Gasteiger partial charge is 0.227 e. The minimum atomic E-state index is 0.738. The van der Waals surface area contributed by atoms with Crippen molar-refractivity contribution >= 4 is 42.4 Å². The van der Waals surface area contributed by atoms with E-state index in [0.29, 0.717) is 0 Å². The fourth-order valence-corrected chi connectivity index (χ4v) is 7.66. The molecule has 0 radical (unpaired) electrons. The zero-order valence-corrected chi connectivity index (χ0v) is 26.3. The molecule has 9 rings (SSSR count). The fourth-order valence-electron chi connectivity index (χ4n) is 6.55. The van der Waals surface area contributed by atoms with E-state index >= 15 is 0 Å². The fraction of sp³-hybridized carbons (Fsp3) is 0. The average Bonchev–Trinajstić information content (AvgIpc) is 3.55. The molecule has 7 aromatic carbocycles. The van der Waals surface area contributed by atoms with Crippen LogP contribution in [0.3, 0.4) is 0 Å². The van der Waals surface area contributed by atoms with Crippen molar-refractivity contribution in [2.75, 3.05) is 0 Å². The molecule has 0 atom stereocenters. The lowest BCUT2D eigenvalue weighted by molar-refractivity contribution is 1.23. The highest BCUT2D eigenvalue weighted by Gasteiger charge is 2.17. The highest BCUT2D eigenvalue weighted by atomic mass is 32.1. The van der Waals surface area contributed by atoms with Gasteiger partial charge in [-0.3, -0.25) is 0 Å². The molecular weight excluding hydrogens is 589 g/mol. The third kappa shape index (κ3) is 4.98. The zero-order valence-electron chi connectivity index (χ0n) is 25.5. The molecule has 0 N–H and O–H groups in total. The Bertz CT molecular complexity index is 2550. The van der Waals surface area contributed by atoms with Crippen LogP contribution >= 0.6 is 11.3 Å². The van der Waals surface area contributed by atoms with Gasteiger partial charge in [0.05, 0.1) is 11.2 Å². The van der Waals surface area contributed by atoms with Gasteiger partial charge >= 0.3 is 0 Å². The van der Waals surface area contributed by atoms with Gasteiger partial charge in [-0.15, -0.1) is 11.3 Å². The number of hydrogen-bond donors (Lipinski definition) is 0. The molecule has 9 aromatic rings. The summed E-state index contributed by atoms with van der Waals surface area (Å²) in [6, 6.07) is 60.3. The smallest absolute Gasteiger partial charge is 0.160 e. The van der Waals surface area contributed by atoms with Crippen LogP contribution in [0.25, 0.3) is 87.1 Å². The first-order chi connectivity index (χ1) is 23.3. The SMILES string of the molecule is c1ccc(-c2ccc(-c3cccc(-c4cccc(-c5nc(-c6ccccc6)nc6c5ccc5sc7ccccc7c56)c4)c3)cc2)cc1. The van der Waals surface area contributed by atoms with Gasteiger partial charge in [0.1, 0.15) is 0 Å². The number of hydrogen-bond acceptors (Lipinski definition) is 3. The number of nitrogens with zero attached hydrogens (tertiary/aromatic N) is 2. The minimum Gasteiger partial charge on any atom is -0.227 e. The van der Waals surface area contributed by atoms with E-state index in [0.717, 1.165) is 39.1 Å². The molecule has 0 spiro atoms. The average molecular weight is 617 g/mol. The van der Waals surface area contributed by atoms with Gasteiger partial charge in [-0.25, -0.2) is 9.97 Å². The molecule has 0 aliphatic rings. The van der Waals surface area contributed by atoms with E-state index in [-0.39, 0.29) is 0 Å². The summed E-state index contributed by atoms with van der Waals surface area (Å²) in [5.41, 5.74) is 11.2. The van der Waals surface area contributed by atoms with E-state index in [1.54, 1.807) is 0 Å². The number of fused-ring (bicyclic) bond motifs is 5. The van der Waals surface area contributed by atoms with Crippen molar-refractivity contribution in [1.82, 2.24) is 9.97 Å². The van der Waals surface area contributed by atoms with Gasteiger partial charge in [0, 0.05) is 36.7 Å². The van der Waals surface area contributed by atoms with Gasteiger partial charge in [0.25, 0.3) is 0 Å². The maximum Gasteiger partial charge on any atom is 0.160 e. The van der Waals surface area contributed by atoms with Crippen molar-refractivity contribution in [3.05, 3.63) is 170 Å². The second-order valence-electron chi connectivity index (χ2n) is 11.8. The van der Waals surface area contributed by atoms with E-state index in [1.807, 2.05) is 29.5 Å². The maximum absolute atomic E-state index is 5.24. The second kappa shape index (κ2) is 11.5. The van der Waals surface area contributed by atoms with E-state index < -0.39 is 0 Å². The van der Waals surface area contributed by atoms with Crippen molar-refractivity contribution in [2.45, 2.75) is 0 Å². The van der Waals surface area contributed by atoms with Crippen LogP contribution in [0.5, 0.6) is 0 Å². The van der Waals surface area contributed by atoms with Crippen LogP contribution < -0.4 is 0 Å². The van der Waals surface area contributed by atoms with Crippen molar-refractivity contribution in [3.63, 3.8) is 0 Å². The topological polar surface area (TPSA) is 25.8 Å². The van der Waals surface area contributed by atoms with Crippen LogP contribution in [0.1, 0.15) is 0 Å². The van der Waals surface area contributed by atoms with E-state index in [1.165, 1.54) is 48.0 Å². The lowest BCUT2D eigenvalue weighted by Crippen LogP contribution is -1.96. The Balaban J connectivity index is 1.17. The molecule has 47 heavy (non-hydrogen) atoms. The Morgan fingerprint density at radius 1 is 0.340 bits per heavy atom. The van der Waals surface area contributed by atoms with Crippen molar-refractivity contribution in [1.29, 1.82) is 0 Å². The molecular formula is C44H28N2S. The molecule has 0 fully saturated rings. The number of rotatable bonds is 5. The Kier molecular flexibility index (Phi) is 6.69. The van der Waals surface area contributed by atoms with Crippen LogP contribution in [0, 0.1) is 0 Å². The second-order valence-corrected chi connectivity index (χ2v) is 12.9. The Labute approximate surface area is 277 Å². The maximum atomic E-state index is 5.24. The van der Waals surface area contributed by atoms with Crippen LogP contribution in [-0.2, 0) is 0 Å².